The van der Waals surface area contributed by atoms with Gasteiger partial charge in [-0.25, -0.2) is 8.42 Å². The summed E-state index contributed by atoms with van der Waals surface area (Å²) in [5.74, 6) is -0.0984. The zero-order valence-corrected chi connectivity index (χ0v) is 17.7. The van der Waals surface area contributed by atoms with Crippen molar-refractivity contribution in [2.24, 2.45) is 0 Å². The van der Waals surface area contributed by atoms with E-state index in [0.717, 1.165) is 32.2 Å². The normalized spacial score (nSPS) is 24.7. The van der Waals surface area contributed by atoms with Gasteiger partial charge >= 0.3 is 0 Å². The summed E-state index contributed by atoms with van der Waals surface area (Å²) in [5.41, 5.74) is 0.446. The molecule has 0 aromatic heterocycles. The van der Waals surface area contributed by atoms with E-state index in [1.54, 1.807) is 28.6 Å². The van der Waals surface area contributed by atoms with E-state index in [1.165, 1.54) is 0 Å². The third kappa shape index (κ3) is 4.83. The number of halogens is 1. The van der Waals surface area contributed by atoms with E-state index in [4.69, 9.17) is 0 Å². The van der Waals surface area contributed by atoms with Crippen LogP contribution in [0.4, 0.5) is 0 Å². The summed E-state index contributed by atoms with van der Waals surface area (Å²) in [6, 6.07) is 6.82. The van der Waals surface area contributed by atoms with Crippen LogP contribution in [0.5, 0.6) is 0 Å². The molecule has 27 heavy (non-hydrogen) atoms. The fraction of sp³-hybridized carbons (Fsp3) is 0.632. The highest BCUT2D eigenvalue weighted by Crippen LogP contribution is 2.22. The minimum absolute atomic E-state index is 0. The van der Waals surface area contributed by atoms with Crippen molar-refractivity contribution in [2.75, 3.05) is 26.2 Å². The molecule has 2 fully saturated rings. The molecule has 2 saturated heterocycles. The number of amides is 1. The van der Waals surface area contributed by atoms with Gasteiger partial charge in [-0.05, 0) is 44.9 Å². The summed E-state index contributed by atoms with van der Waals surface area (Å²) in [5, 5.41) is 3.36. The molecule has 0 bridgehead atoms. The second-order valence-corrected chi connectivity index (χ2v) is 9.27. The molecule has 0 spiro atoms. The molecule has 3 rings (SSSR count). The van der Waals surface area contributed by atoms with Crippen LogP contribution in [0.15, 0.2) is 29.2 Å². The lowest BCUT2D eigenvalue weighted by Crippen LogP contribution is -2.57. The van der Waals surface area contributed by atoms with Crippen LogP contribution in [0.1, 0.15) is 49.9 Å². The van der Waals surface area contributed by atoms with Gasteiger partial charge in [0.15, 0.2) is 0 Å². The van der Waals surface area contributed by atoms with Crippen LogP contribution in [0, 0.1) is 0 Å². The Bertz CT molecular complexity index is 748. The molecule has 152 valence electrons. The number of benzene rings is 1. The van der Waals surface area contributed by atoms with E-state index in [1.807, 2.05) is 11.8 Å². The van der Waals surface area contributed by atoms with Gasteiger partial charge in [0, 0.05) is 43.8 Å². The number of hydrogen-bond donors (Lipinski definition) is 1. The summed E-state index contributed by atoms with van der Waals surface area (Å²) < 4.78 is 27.6. The van der Waals surface area contributed by atoms with Crippen molar-refractivity contribution in [2.45, 2.75) is 56.5 Å². The Morgan fingerprint density at radius 2 is 1.74 bits per heavy atom. The lowest BCUT2D eigenvalue weighted by Gasteiger charge is -2.38. The van der Waals surface area contributed by atoms with Gasteiger partial charge in [0.1, 0.15) is 0 Å². The van der Waals surface area contributed by atoms with Gasteiger partial charge in [0.2, 0.25) is 10.0 Å². The van der Waals surface area contributed by atoms with Gasteiger partial charge in [-0.2, -0.15) is 4.31 Å². The van der Waals surface area contributed by atoms with Gasteiger partial charge in [-0.1, -0.05) is 18.9 Å². The van der Waals surface area contributed by atoms with Crippen LogP contribution in [-0.4, -0.2) is 61.8 Å². The maximum absolute atomic E-state index is 13.0. The summed E-state index contributed by atoms with van der Waals surface area (Å²) in [6.45, 7) is 6.59. The first-order valence-electron chi connectivity index (χ1n) is 9.56. The number of nitrogens with one attached hydrogen (secondary N) is 1. The summed E-state index contributed by atoms with van der Waals surface area (Å²) >= 11 is 0. The summed E-state index contributed by atoms with van der Waals surface area (Å²) in [7, 11) is -3.55. The minimum atomic E-state index is -3.55. The highest BCUT2D eigenvalue weighted by atomic mass is 35.5. The molecule has 0 saturated carbocycles. The molecule has 0 aliphatic carbocycles. The predicted octanol–water partition coefficient (Wildman–Crippen LogP) is 2.50. The average molecular weight is 416 g/mol. The lowest BCUT2D eigenvalue weighted by molar-refractivity contribution is 0.0602. The number of rotatable bonds is 3. The maximum Gasteiger partial charge on any atom is 0.254 e. The molecule has 2 aliphatic rings. The van der Waals surface area contributed by atoms with E-state index in [-0.39, 0.29) is 35.3 Å². The van der Waals surface area contributed by atoms with E-state index >= 15 is 0 Å². The molecule has 8 heteroatoms. The van der Waals surface area contributed by atoms with Gasteiger partial charge in [0.05, 0.1) is 4.90 Å². The molecule has 2 aliphatic heterocycles. The molecule has 2 heterocycles. The van der Waals surface area contributed by atoms with Crippen LogP contribution < -0.4 is 5.32 Å². The molecule has 1 amide bonds. The Hall–Kier alpha value is -1.15. The van der Waals surface area contributed by atoms with E-state index in [2.05, 4.69) is 12.2 Å². The van der Waals surface area contributed by atoms with Gasteiger partial charge in [-0.3, -0.25) is 4.79 Å². The maximum atomic E-state index is 13.0. The third-order valence-corrected chi connectivity index (χ3v) is 7.47. The van der Waals surface area contributed by atoms with Crippen LogP contribution >= 0.6 is 12.4 Å². The average Bonchev–Trinajstić information content (AvgIpc) is 2.93. The molecule has 1 N–H and O–H groups in total. The van der Waals surface area contributed by atoms with Gasteiger partial charge in [-0.15, -0.1) is 12.4 Å². The Morgan fingerprint density at radius 3 is 2.41 bits per heavy atom. The van der Waals surface area contributed by atoms with Crippen LogP contribution in [-0.2, 0) is 10.0 Å². The predicted molar refractivity (Wildman–Crippen MR) is 109 cm³/mol. The number of carbonyl (C=O) groups excluding carboxylic acids is 1. The molecular formula is C19H30ClN3O3S. The first-order valence-corrected chi connectivity index (χ1v) is 11.0. The summed E-state index contributed by atoms with van der Waals surface area (Å²) in [4.78, 5) is 15.0. The third-order valence-electron chi connectivity index (χ3n) is 5.58. The first-order chi connectivity index (χ1) is 12.4. The Kier molecular flexibility index (Phi) is 7.68. The molecule has 0 radical (unpaired) electrons. The molecule has 2 atom stereocenters. The SMILES string of the molecule is CC1NCCN(C(=O)c2cccc(S(=O)(=O)N3CCCCCC3)c2)C1C.Cl. The Balaban J connectivity index is 0.00000261. The molecule has 1 aromatic carbocycles. The minimum Gasteiger partial charge on any atom is -0.333 e. The number of piperazine rings is 1. The fourth-order valence-corrected chi connectivity index (χ4v) is 5.29. The zero-order valence-electron chi connectivity index (χ0n) is 16.1. The van der Waals surface area contributed by atoms with Crippen molar-refractivity contribution < 1.29 is 13.2 Å². The second kappa shape index (κ2) is 9.37. The van der Waals surface area contributed by atoms with Crippen molar-refractivity contribution in [1.29, 1.82) is 0 Å². The molecule has 2 unspecified atom stereocenters. The lowest BCUT2D eigenvalue weighted by atomic mass is 10.1. The molecule has 1 aromatic rings. The highest BCUT2D eigenvalue weighted by Gasteiger charge is 2.30. The van der Waals surface area contributed by atoms with Crippen molar-refractivity contribution in [1.82, 2.24) is 14.5 Å². The van der Waals surface area contributed by atoms with Crippen LogP contribution in [0.2, 0.25) is 0 Å². The van der Waals surface area contributed by atoms with Crippen molar-refractivity contribution >= 4 is 28.3 Å². The molecule has 6 nitrogen and oxygen atoms in total. The largest absolute Gasteiger partial charge is 0.333 e. The van der Waals surface area contributed by atoms with Gasteiger partial charge < -0.3 is 10.2 Å². The molecular weight excluding hydrogens is 386 g/mol. The van der Waals surface area contributed by atoms with Gasteiger partial charge in [0.25, 0.3) is 5.91 Å². The topological polar surface area (TPSA) is 69.7 Å². The number of nitrogens with zero attached hydrogens (tertiary/aromatic N) is 2. The monoisotopic (exact) mass is 415 g/mol. The standard InChI is InChI=1S/C19H29N3O3S.ClH/c1-15-16(2)22(13-10-20-15)19(23)17-8-7-9-18(14-17)26(24,25)21-11-5-3-4-6-12-21;/h7-9,14-16,20H,3-6,10-13H2,1-2H3;1H. The Morgan fingerprint density at radius 1 is 1.07 bits per heavy atom. The second-order valence-electron chi connectivity index (χ2n) is 7.33. The number of sulfonamides is 1. The van der Waals surface area contributed by atoms with Crippen molar-refractivity contribution in [3.05, 3.63) is 29.8 Å². The highest BCUT2D eigenvalue weighted by molar-refractivity contribution is 7.89. The quantitative estimate of drug-likeness (QED) is 0.823. The van der Waals surface area contributed by atoms with E-state index in [9.17, 15) is 13.2 Å². The fourth-order valence-electron chi connectivity index (χ4n) is 3.73. The number of carbonyl (C=O) groups is 1. The van der Waals surface area contributed by atoms with Crippen LogP contribution in [0.25, 0.3) is 0 Å². The smallest absolute Gasteiger partial charge is 0.254 e. The number of hydrogen-bond acceptors (Lipinski definition) is 4. The summed E-state index contributed by atoms with van der Waals surface area (Å²) in [6.07, 6.45) is 3.94. The van der Waals surface area contributed by atoms with E-state index in [0.29, 0.717) is 25.2 Å². The van der Waals surface area contributed by atoms with E-state index < -0.39 is 10.0 Å². The Labute approximate surface area is 168 Å². The first kappa shape index (κ1) is 22.1. The zero-order chi connectivity index (χ0) is 18.7. The van der Waals surface area contributed by atoms with Crippen molar-refractivity contribution in [3.63, 3.8) is 0 Å². The van der Waals surface area contributed by atoms with Crippen molar-refractivity contribution in [3.8, 4) is 0 Å². The van der Waals surface area contributed by atoms with Crippen LogP contribution in [0.3, 0.4) is 0 Å².